The second kappa shape index (κ2) is 10.2. The highest BCUT2D eigenvalue weighted by Crippen LogP contribution is 2.28. The van der Waals surface area contributed by atoms with Crippen LogP contribution in [0.15, 0.2) is 51.9 Å². The molecule has 0 spiro atoms. The van der Waals surface area contributed by atoms with E-state index >= 15 is 0 Å². The van der Waals surface area contributed by atoms with Gasteiger partial charge in [-0.1, -0.05) is 0 Å². The summed E-state index contributed by atoms with van der Waals surface area (Å²) in [5, 5.41) is 7.79. The first-order valence-electron chi connectivity index (χ1n) is 13.9. The van der Waals surface area contributed by atoms with E-state index in [0.717, 1.165) is 32.6 Å². The van der Waals surface area contributed by atoms with Gasteiger partial charge in [0.1, 0.15) is 28.9 Å². The number of benzene rings is 1. The predicted molar refractivity (Wildman–Crippen MR) is 153 cm³/mol. The zero-order chi connectivity index (χ0) is 28.1. The van der Waals surface area contributed by atoms with E-state index in [4.69, 9.17) is 14.9 Å². The van der Waals surface area contributed by atoms with Crippen LogP contribution in [0, 0.1) is 5.82 Å². The zero-order valence-corrected chi connectivity index (χ0v) is 22.8. The molecule has 2 aliphatic heterocycles. The van der Waals surface area contributed by atoms with Crippen molar-refractivity contribution in [3.8, 4) is 17.2 Å². The van der Waals surface area contributed by atoms with Crippen molar-refractivity contribution >= 4 is 28.3 Å². The Morgan fingerprint density at radius 2 is 2.02 bits per heavy atom. The molecule has 2 saturated heterocycles. The van der Waals surface area contributed by atoms with Gasteiger partial charge in [0.15, 0.2) is 11.4 Å². The summed E-state index contributed by atoms with van der Waals surface area (Å²) in [7, 11) is 1.73. The van der Waals surface area contributed by atoms with Crippen LogP contribution in [0.2, 0.25) is 0 Å². The standard InChI is InChI=1S/C28H32FN9O3/c1-34-25-23-16-21(24-3-2-14-40-24)33-38(23)27(30)32-26(25)37(28(34)39)13-10-35-8-11-36(12-9-35)22-5-4-18(15-20(22)29)41-19-6-7-31-17-19/h2-5,14-16,19,31H,6-13,17H2,1H3,(H2,30,32). The molecule has 2 aliphatic rings. The minimum absolute atomic E-state index is 0.0926. The third-order valence-corrected chi connectivity index (χ3v) is 8.07. The monoisotopic (exact) mass is 561 g/mol. The molecule has 4 aromatic heterocycles. The molecule has 1 atom stereocenters. The van der Waals surface area contributed by atoms with E-state index in [2.05, 4.69) is 25.2 Å². The highest BCUT2D eigenvalue weighted by Gasteiger charge is 2.24. The summed E-state index contributed by atoms with van der Waals surface area (Å²) in [6, 6.07) is 10.6. The smallest absolute Gasteiger partial charge is 0.330 e. The Bertz CT molecular complexity index is 1760. The van der Waals surface area contributed by atoms with E-state index in [1.165, 1.54) is 10.6 Å². The molecule has 2 fully saturated rings. The van der Waals surface area contributed by atoms with Crippen LogP contribution < -0.4 is 26.4 Å². The molecule has 0 amide bonds. The highest BCUT2D eigenvalue weighted by molar-refractivity contribution is 5.91. The molecule has 12 nitrogen and oxygen atoms in total. The lowest BCUT2D eigenvalue weighted by Crippen LogP contribution is -2.47. The van der Waals surface area contributed by atoms with Gasteiger partial charge in [0.2, 0.25) is 5.95 Å². The number of nitrogen functional groups attached to an aromatic ring is 1. The van der Waals surface area contributed by atoms with Crippen molar-refractivity contribution in [2.24, 2.45) is 7.05 Å². The lowest BCUT2D eigenvalue weighted by molar-refractivity contribution is 0.222. The van der Waals surface area contributed by atoms with Gasteiger partial charge in [-0.2, -0.15) is 14.6 Å². The molecule has 41 heavy (non-hydrogen) atoms. The molecule has 214 valence electrons. The third kappa shape index (κ3) is 4.60. The maximum atomic E-state index is 15.0. The van der Waals surface area contributed by atoms with Crippen LogP contribution in [-0.4, -0.2) is 80.5 Å². The van der Waals surface area contributed by atoms with Gasteiger partial charge in [-0.25, -0.2) is 9.18 Å². The number of ether oxygens (including phenoxy) is 1. The zero-order valence-electron chi connectivity index (χ0n) is 22.8. The molecular weight excluding hydrogens is 529 g/mol. The number of hydrogen-bond donors (Lipinski definition) is 2. The molecule has 5 aromatic rings. The van der Waals surface area contributed by atoms with Crippen molar-refractivity contribution in [2.75, 3.05) is 56.4 Å². The average molecular weight is 562 g/mol. The lowest BCUT2D eigenvalue weighted by atomic mass is 10.2. The summed E-state index contributed by atoms with van der Waals surface area (Å²) in [5.41, 5.74) is 9.16. The van der Waals surface area contributed by atoms with Gasteiger partial charge in [0.05, 0.1) is 17.5 Å². The first kappa shape index (κ1) is 25.6. The van der Waals surface area contributed by atoms with E-state index in [0.29, 0.717) is 65.8 Å². The molecule has 0 saturated carbocycles. The van der Waals surface area contributed by atoms with Gasteiger partial charge >= 0.3 is 5.69 Å². The average Bonchev–Trinajstić information content (AvgIpc) is 3.78. The summed E-state index contributed by atoms with van der Waals surface area (Å²) in [5.74, 6) is 1.10. The SMILES string of the molecule is Cn1c(=O)n(CCN2CCN(c3ccc(OC4CCNC4)cc3F)CC2)c2nc(N)n3nc(-c4ccco4)cc3c21. The maximum absolute atomic E-state index is 15.0. The van der Waals surface area contributed by atoms with Crippen LogP contribution >= 0.6 is 0 Å². The van der Waals surface area contributed by atoms with Crippen LogP contribution in [-0.2, 0) is 13.6 Å². The van der Waals surface area contributed by atoms with Gasteiger partial charge in [0.25, 0.3) is 0 Å². The lowest BCUT2D eigenvalue weighted by Gasteiger charge is -2.36. The molecule has 0 radical (unpaired) electrons. The minimum atomic E-state index is -0.269. The Balaban J connectivity index is 1.04. The molecule has 13 heteroatoms. The first-order chi connectivity index (χ1) is 20.0. The van der Waals surface area contributed by atoms with E-state index in [9.17, 15) is 9.18 Å². The summed E-state index contributed by atoms with van der Waals surface area (Å²) in [6.07, 6.45) is 2.61. The number of aryl methyl sites for hydroxylation is 1. The Hall–Kier alpha value is -4.36. The molecular formula is C28H32FN9O3. The van der Waals surface area contributed by atoms with E-state index in [1.54, 1.807) is 28.5 Å². The number of aromatic nitrogens is 5. The number of imidazole rings is 1. The fraction of sp³-hybridized carbons (Fsp3) is 0.393. The number of nitrogens with two attached hydrogens (primary N) is 1. The summed E-state index contributed by atoms with van der Waals surface area (Å²) in [4.78, 5) is 22.2. The largest absolute Gasteiger partial charge is 0.489 e. The number of fused-ring (bicyclic) bond motifs is 3. The fourth-order valence-corrected chi connectivity index (χ4v) is 5.86. The predicted octanol–water partition coefficient (Wildman–Crippen LogP) is 1.93. The first-order valence-corrected chi connectivity index (χ1v) is 13.9. The number of anilines is 2. The molecule has 0 aliphatic carbocycles. The summed E-state index contributed by atoms with van der Waals surface area (Å²) < 4.78 is 31.1. The van der Waals surface area contributed by atoms with Crippen molar-refractivity contribution in [1.29, 1.82) is 0 Å². The van der Waals surface area contributed by atoms with Crippen molar-refractivity contribution < 1.29 is 13.5 Å². The summed E-state index contributed by atoms with van der Waals surface area (Å²) >= 11 is 0. The summed E-state index contributed by atoms with van der Waals surface area (Å²) in [6.45, 7) is 5.70. The van der Waals surface area contributed by atoms with Gasteiger partial charge in [-0.3, -0.25) is 14.0 Å². The number of rotatable bonds is 7. The van der Waals surface area contributed by atoms with Crippen molar-refractivity contribution in [2.45, 2.75) is 19.1 Å². The van der Waals surface area contributed by atoms with Crippen LogP contribution in [0.5, 0.6) is 5.75 Å². The second-order valence-corrected chi connectivity index (χ2v) is 10.6. The molecule has 1 unspecified atom stereocenters. The Morgan fingerprint density at radius 3 is 2.76 bits per heavy atom. The van der Waals surface area contributed by atoms with Gasteiger partial charge in [-0.15, -0.1) is 0 Å². The third-order valence-electron chi connectivity index (χ3n) is 8.07. The maximum Gasteiger partial charge on any atom is 0.330 e. The molecule has 3 N–H and O–H groups in total. The van der Waals surface area contributed by atoms with E-state index in [-0.39, 0.29) is 23.6 Å². The topological polar surface area (TPSA) is 124 Å². The number of hydrogen-bond acceptors (Lipinski definition) is 9. The Kier molecular flexibility index (Phi) is 6.39. The van der Waals surface area contributed by atoms with Gasteiger partial charge < -0.3 is 25.1 Å². The number of piperazine rings is 1. The highest BCUT2D eigenvalue weighted by atomic mass is 19.1. The molecule has 0 bridgehead atoms. The van der Waals surface area contributed by atoms with Crippen molar-refractivity contribution in [3.63, 3.8) is 0 Å². The molecule has 1 aromatic carbocycles. The van der Waals surface area contributed by atoms with Crippen LogP contribution in [0.1, 0.15) is 6.42 Å². The molecule has 7 rings (SSSR count). The quantitative estimate of drug-likeness (QED) is 0.307. The second-order valence-electron chi connectivity index (χ2n) is 10.6. The van der Waals surface area contributed by atoms with E-state index < -0.39 is 0 Å². The number of furan rings is 1. The Labute approximate surface area is 234 Å². The van der Waals surface area contributed by atoms with Crippen molar-refractivity contribution in [1.82, 2.24) is 33.9 Å². The minimum Gasteiger partial charge on any atom is -0.489 e. The van der Waals surface area contributed by atoms with Gasteiger partial charge in [-0.05, 0) is 43.3 Å². The van der Waals surface area contributed by atoms with Crippen molar-refractivity contribution in [3.05, 3.63) is 59.0 Å². The van der Waals surface area contributed by atoms with E-state index in [1.807, 2.05) is 24.3 Å². The van der Waals surface area contributed by atoms with Crippen LogP contribution in [0.25, 0.3) is 28.1 Å². The van der Waals surface area contributed by atoms with Crippen LogP contribution in [0.4, 0.5) is 16.0 Å². The molecule has 6 heterocycles. The number of nitrogens with zero attached hydrogens (tertiary/aromatic N) is 7. The van der Waals surface area contributed by atoms with Crippen LogP contribution in [0.3, 0.4) is 0 Å². The van der Waals surface area contributed by atoms with Gasteiger partial charge in [0, 0.05) is 58.9 Å². The Morgan fingerprint density at radius 1 is 1.17 bits per heavy atom. The number of halogens is 1. The number of nitrogens with one attached hydrogen (secondary N) is 1. The normalized spacial score (nSPS) is 18.2. The fourth-order valence-electron chi connectivity index (χ4n) is 5.86.